The van der Waals surface area contributed by atoms with E-state index in [4.69, 9.17) is 9.47 Å². The summed E-state index contributed by atoms with van der Waals surface area (Å²) in [5.41, 5.74) is -1.35. The SMILES string of the molecule is CCOC(C)(OCC)P(C)(=O)O.[H-].[Na+]. The third-order valence-corrected chi connectivity index (χ3v) is 3.34. The molecule has 6 heteroatoms. The van der Waals surface area contributed by atoms with Gasteiger partial charge in [-0.1, -0.05) is 0 Å². The molecule has 13 heavy (non-hydrogen) atoms. The van der Waals surface area contributed by atoms with Crippen LogP contribution in [0.3, 0.4) is 0 Å². The normalized spacial score (nSPS) is 16.1. The Kier molecular flexibility index (Phi) is 8.35. The minimum atomic E-state index is -3.37. The number of hydrogen-bond acceptors (Lipinski definition) is 3. The van der Waals surface area contributed by atoms with Crippen LogP contribution in [0.5, 0.6) is 0 Å². The van der Waals surface area contributed by atoms with E-state index in [1.807, 2.05) is 0 Å². The quantitative estimate of drug-likeness (QED) is 0.357. The first kappa shape index (κ1) is 16.5. The fourth-order valence-electron chi connectivity index (χ4n) is 0.817. The molecule has 0 heterocycles. The Morgan fingerprint density at radius 1 is 1.38 bits per heavy atom. The van der Waals surface area contributed by atoms with Crippen molar-refractivity contribution in [3.63, 3.8) is 0 Å². The van der Waals surface area contributed by atoms with E-state index in [9.17, 15) is 9.46 Å². The summed E-state index contributed by atoms with van der Waals surface area (Å²) >= 11 is 0. The van der Waals surface area contributed by atoms with Gasteiger partial charge in [-0.05, 0) is 20.8 Å². The molecule has 0 aliphatic heterocycles. The Labute approximate surface area is 103 Å². The molecule has 0 spiro atoms. The van der Waals surface area contributed by atoms with Crippen molar-refractivity contribution in [3.05, 3.63) is 0 Å². The maximum absolute atomic E-state index is 11.3. The van der Waals surface area contributed by atoms with Crippen LogP contribution in [0, 0.1) is 0 Å². The zero-order chi connectivity index (χ0) is 9.83. The summed E-state index contributed by atoms with van der Waals surface area (Å²) in [5, 5.41) is 0. The average Bonchev–Trinajstić information content (AvgIpc) is 1.86. The van der Waals surface area contributed by atoms with Gasteiger partial charge in [-0.3, -0.25) is 4.57 Å². The minimum absolute atomic E-state index is 0. The van der Waals surface area contributed by atoms with Gasteiger partial charge in [0.05, 0.1) is 0 Å². The third-order valence-electron chi connectivity index (χ3n) is 1.58. The maximum atomic E-state index is 11.3. The van der Waals surface area contributed by atoms with Crippen molar-refractivity contribution in [2.45, 2.75) is 26.3 Å². The van der Waals surface area contributed by atoms with E-state index in [1.54, 1.807) is 13.8 Å². The van der Waals surface area contributed by atoms with Crippen molar-refractivity contribution in [1.29, 1.82) is 0 Å². The molecule has 0 fully saturated rings. The van der Waals surface area contributed by atoms with Crippen molar-refractivity contribution in [3.8, 4) is 0 Å². The molecule has 1 unspecified atom stereocenters. The summed E-state index contributed by atoms with van der Waals surface area (Å²) in [6, 6.07) is 0. The predicted octanol–water partition coefficient (Wildman–Crippen LogP) is -1.25. The minimum Gasteiger partial charge on any atom is -1.00 e. The summed E-state index contributed by atoms with van der Waals surface area (Å²) in [6.07, 6.45) is 0. The molecule has 0 radical (unpaired) electrons. The second kappa shape index (κ2) is 6.57. The summed E-state index contributed by atoms with van der Waals surface area (Å²) < 4.78 is 21.5. The van der Waals surface area contributed by atoms with Gasteiger partial charge in [0.1, 0.15) is 0 Å². The number of hydrogen-bond donors (Lipinski definition) is 1. The Bertz CT molecular complexity index is 179. The Balaban J connectivity index is -0.000000605. The monoisotopic (exact) mass is 220 g/mol. The van der Waals surface area contributed by atoms with Crippen LogP contribution >= 0.6 is 7.37 Å². The van der Waals surface area contributed by atoms with Crippen LogP contribution in [0.1, 0.15) is 22.2 Å². The molecule has 0 aromatic rings. The molecule has 76 valence electrons. The zero-order valence-corrected chi connectivity index (χ0v) is 11.9. The molecule has 1 atom stereocenters. The van der Waals surface area contributed by atoms with Crippen molar-refractivity contribution in [2.24, 2.45) is 0 Å². The van der Waals surface area contributed by atoms with Crippen molar-refractivity contribution in [2.75, 3.05) is 19.9 Å². The van der Waals surface area contributed by atoms with Gasteiger partial charge in [0, 0.05) is 19.9 Å². The first-order valence-electron chi connectivity index (χ1n) is 3.95. The molecule has 0 rings (SSSR count). The molecular weight excluding hydrogens is 202 g/mol. The molecule has 0 aromatic heterocycles. The van der Waals surface area contributed by atoms with E-state index in [-0.39, 0.29) is 31.0 Å². The van der Waals surface area contributed by atoms with Crippen molar-refractivity contribution < 1.29 is 49.9 Å². The molecule has 0 saturated carbocycles. The van der Waals surface area contributed by atoms with Crippen LogP contribution in [0.2, 0.25) is 0 Å². The van der Waals surface area contributed by atoms with Gasteiger partial charge in [-0.15, -0.1) is 0 Å². The van der Waals surface area contributed by atoms with Crippen LogP contribution in [-0.4, -0.2) is 30.3 Å². The summed E-state index contributed by atoms with van der Waals surface area (Å²) in [7, 11) is -3.37. The van der Waals surface area contributed by atoms with Gasteiger partial charge in [0.15, 0.2) is 0 Å². The van der Waals surface area contributed by atoms with Crippen LogP contribution in [0.4, 0.5) is 0 Å². The second-order valence-corrected chi connectivity index (χ2v) is 5.21. The predicted molar refractivity (Wildman–Crippen MR) is 48.5 cm³/mol. The van der Waals surface area contributed by atoms with Gasteiger partial charge in [-0.25, -0.2) is 0 Å². The molecule has 0 saturated heterocycles. The summed E-state index contributed by atoms with van der Waals surface area (Å²) in [5.74, 6) is 0. The molecule has 0 aromatic carbocycles. The molecule has 0 aliphatic rings. The maximum Gasteiger partial charge on any atom is 1.00 e. The fourth-order valence-corrected chi connectivity index (χ4v) is 1.55. The van der Waals surface area contributed by atoms with Crippen LogP contribution in [0.15, 0.2) is 0 Å². The van der Waals surface area contributed by atoms with Crippen molar-refractivity contribution in [1.82, 2.24) is 0 Å². The van der Waals surface area contributed by atoms with Crippen LogP contribution in [-0.2, 0) is 14.0 Å². The molecule has 0 bridgehead atoms. The van der Waals surface area contributed by atoms with E-state index in [1.165, 1.54) is 13.6 Å². The Hall–Kier alpha value is 1.11. The van der Waals surface area contributed by atoms with E-state index < -0.39 is 12.9 Å². The fraction of sp³-hybridized carbons (Fsp3) is 1.00. The Morgan fingerprint density at radius 2 is 1.69 bits per heavy atom. The molecule has 1 N–H and O–H groups in total. The molecule has 4 nitrogen and oxygen atoms in total. The number of ether oxygens (including phenoxy) is 2. The second-order valence-electron chi connectivity index (χ2n) is 2.64. The van der Waals surface area contributed by atoms with E-state index in [0.29, 0.717) is 13.2 Å². The van der Waals surface area contributed by atoms with Gasteiger partial charge >= 0.3 is 29.6 Å². The average molecular weight is 220 g/mol. The largest absolute Gasteiger partial charge is 1.00 e. The van der Waals surface area contributed by atoms with E-state index in [0.717, 1.165) is 0 Å². The summed E-state index contributed by atoms with van der Waals surface area (Å²) in [6.45, 7) is 6.95. The van der Waals surface area contributed by atoms with Gasteiger partial charge < -0.3 is 15.8 Å². The molecule has 0 aliphatic carbocycles. The number of rotatable bonds is 5. The van der Waals surface area contributed by atoms with Crippen LogP contribution in [0.25, 0.3) is 0 Å². The first-order chi connectivity index (χ1) is 5.37. The van der Waals surface area contributed by atoms with E-state index >= 15 is 0 Å². The van der Waals surface area contributed by atoms with Crippen molar-refractivity contribution >= 4 is 7.37 Å². The van der Waals surface area contributed by atoms with Gasteiger partial charge in [-0.2, -0.15) is 0 Å². The first-order valence-corrected chi connectivity index (χ1v) is 6.06. The smallest absolute Gasteiger partial charge is 1.00 e. The topological polar surface area (TPSA) is 55.8 Å². The zero-order valence-electron chi connectivity index (χ0n) is 10.0. The summed E-state index contributed by atoms with van der Waals surface area (Å²) in [4.78, 5) is 9.30. The van der Waals surface area contributed by atoms with Crippen LogP contribution < -0.4 is 29.6 Å². The van der Waals surface area contributed by atoms with E-state index in [2.05, 4.69) is 0 Å². The standard InChI is InChI=1S/C7H17O4P.Na.H/c1-5-10-7(3,11-6-2)12(4,8)9;;/h5-6H2,1-4H3,(H,8,9);;/q;+1;-1. The van der Waals surface area contributed by atoms with Gasteiger partial charge in [0.2, 0.25) is 5.53 Å². The molecular formula is C7H18NaO4P. The molecule has 0 amide bonds. The Morgan fingerprint density at radius 3 is 1.85 bits per heavy atom. The third kappa shape index (κ3) is 4.93. The van der Waals surface area contributed by atoms with Gasteiger partial charge in [0.25, 0.3) is 7.37 Å².